The Morgan fingerprint density at radius 2 is 1.95 bits per heavy atom. The molecule has 4 aromatic rings. The first-order valence-electron chi connectivity index (χ1n) is 14.2. The van der Waals surface area contributed by atoms with E-state index in [4.69, 9.17) is 14.6 Å². The number of rotatable bonds is 5. The standard InChI is InChI=1S/C31H26FN7O4/c32-20-9-4-8-19-25(17-6-2-1-3-7-17)34-28(30(41)35-27(19)20)36-29(40)24-26(37-39-12-5-13-42-31(24)39)18-10-11-23(33-14-18)38-15-22-21(38)16-43-22/h1-4,6-11,14,21-22,28H,5,12-13,15-16H2,(H,35,41)(H,36,40). The Morgan fingerprint density at radius 1 is 1.07 bits per heavy atom. The van der Waals surface area contributed by atoms with Gasteiger partial charge in [0.1, 0.15) is 22.9 Å². The van der Waals surface area contributed by atoms with Crippen LogP contribution < -0.4 is 20.3 Å². The van der Waals surface area contributed by atoms with Gasteiger partial charge in [0.05, 0.1) is 36.8 Å². The van der Waals surface area contributed by atoms with Crippen LogP contribution in [0.4, 0.5) is 15.9 Å². The molecule has 12 heteroatoms. The van der Waals surface area contributed by atoms with E-state index in [2.05, 4.69) is 25.5 Å². The van der Waals surface area contributed by atoms with Crippen LogP contribution in [0, 0.1) is 5.82 Å². The fourth-order valence-corrected chi connectivity index (χ4v) is 5.89. The van der Waals surface area contributed by atoms with Gasteiger partial charge in [-0.3, -0.25) is 9.59 Å². The molecule has 4 aliphatic rings. The van der Waals surface area contributed by atoms with Crippen LogP contribution >= 0.6 is 0 Å². The molecule has 0 radical (unpaired) electrons. The predicted octanol–water partition coefficient (Wildman–Crippen LogP) is 3.00. The third kappa shape index (κ3) is 4.24. The molecule has 2 saturated heterocycles. The number of fused-ring (bicyclic) bond motifs is 3. The number of benzodiazepines with no additional fused rings is 1. The Morgan fingerprint density at radius 3 is 2.70 bits per heavy atom. The third-order valence-corrected chi connectivity index (χ3v) is 8.23. The normalized spacial score (nSPS) is 21.9. The van der Waals surface area contributed by atoms with Crippen molar-refractivity contribution < 1.29 is 23.5 Å². The second-order valence-corrected chi connectivity index (χ2v) is 10.8. The monoisotopic (exact) mass is 579 g/mol. The zero-order valence-electron chi connectivity index (χ0n) is 22.9. The number of aryl methyl sites for hydroxylation is 1. The Kier molecular flexibility index (Phi) is 5.96. The molecule has 0 spiro atoms. The van der Waals surface area contributed by atoms with Gasteiger partial charge in [0.25, 0.3) is 11.8 Å². The van der Waals surface area contributed by atoms with E-state index in [1.807, 2.05) is 42.5 Å². The smallest absolute Gasteiger partial charge is 0.269 e. The van der Waals surface area contributed by atoms with Crippen LogP contribution in [0.5, 0.6) is 5.88 Å². The van der Waals surface area contributed by atoms with Crippen LogP contribution in [0.1, 0.15) is 27.9 Å². The number of aromatic nitrogens is 3. The number of hydrogen-bond donors (Lipinski definition) is 2. The van der Waals surface area contributed by atoms with E-state index in [-0.39, 0.29) is 17.4 Å². The van der Waals surface area contributed by atoms with Gasteiger partial charge in [0.15, 0.2) is 0 Å². The maximum absolute atomic E-state index is 14.9. The molecule has 0 aliphatic carbocycles. The zero-order valence-corrected chi connectivity index (χ0v) is 22.9. The molecule has 43 heavy (non-hydrogen) atoms. The average Bonchev–Trinajstić information content (AvgIpc) is 3.35. The van der Waals surface area contributed by atoms with Gasteiger partial charge >= 0.3 is 0 Å². The van der Waals surface area contributed by atoms with Gasteiger partial charge in [-0.25, -0.2) is 19.0 Å². The highest BCUT2D eigenvalue weighted by molar-refractivity contribution is 6.20. The predicted molar refractivity (Wildman–Crippen MR) is 155 cm³/mol. The first-order chi connectivity index (χ1) is 21.0. The molecule has 0 bridgehead atoms. The molecule has 6 heterocycles. The number of amides is 2. The average molecular weight is 580 g/mol. The minimum atomic E-state index is -1.36. The number of anilines is 2. The largest absolute Gasteiger partial charge is 0.477 e. The number of para-hydroxylation sites is 1. The van der Waals surface area contributed by atoms with E-state index in [0.717, 1.165) is 18.8 Å². The van der Waals surface area contributed by atoms with Crippen molar-refractivity contribution in [1.29, 1.82) is 0 Å². The Labute approximate surface area is 245 Å². The fraction of sp³-hybridized carbons (Fsp3) is 0.258. The molecule has 2 fully saturated rings. The number of aliphatic imine (C=N–C) groups is 1. The maximum Gasteiger partial charge on any atom is 0.269 e. The van der Waals surface area contributed by atoms with Gasteiger partial charge < -0.3 is 25.0 Å². The zero-order chi connectivity index (χ0) is 29.1. The van der Waals surface area contributed by atoms with E-state index in [1.165, 1.54) is 6.07 Å². The van der Waals surface area contributed by atoms with Crippen LogP contribution in [0.15, 0.2) is 71.9 Å². The lowest BCUT2D eigenvalue weighted by molar-refractivity contribution is -0.117. The van der Waals surface area contributed by atoms with Crippen molar-refractivity contribution in [1.82, 2.24) is 20.1 Å². The lowest BCUT2D eigenvalue weighted by Crippen LogP contribution is -2.71. The molecule has 216 valence electrons. The maximum atomic E-state index is 14.9. The number of hydrogen-bond acceptors (Lipinski definition) is 8. The van der Waals surface area contributed by atoms with E-state index in [9.17, 15) is 14.0 Å². The summed E-state index contributed by atoms with van der Waals surface area (Å²) in [7, 11) is 0. The topological polar surface area (TPSA) is 123 Å². The highest BCUT2D eigenvalue weighted by atomic mass is 19.1. The summed E-state index contributed by atoms with van der Waals surface area (Å²) in [6.07, 6.45) is 1.36. The lowest BCUT2D eigenvalue weighted by Gasteiger charge is -2.55. The summed E-state index contributed by atoms with van der Waals surface area (Å²) in [4.78, 5) is 38.8. The van der Waals surface area contributed by atoms with Crippen LogP contribution in [0.25, 0.3) is 11.3 Å². The molecule has 3 atom stereocenters. The van der Waals surface area contributed by atoms with Crippen LogP contribution in [-0.4, -0.2) is 70.4 Å². The summed E-state index contributed by atoms with van der Waals surface area (Å²) in [6, 6.07) is 17.8. The van der Waals surface area contributed by atoms with Crippen molar-refractivity contribution in [2.75, 3.05) is 30.0 Å². The fourth-order valence-electron chi connectivity index (χ4n) is 5.89. The molecule has 2 N–H and O–H groups in total. The van der Waals surface area contributed by atoms with Gasteiger partial charge in [-0.05, 0) is 18.2 Å². The molecule has 2 aromatic carbocycles. The number of benzene rings is 2. The number of carbonyl (C=O) groups excluding carboxylic acids is 2. The van der Waals surface area contributed by atoms with Gasteiger partial charge in [-0.2, -0.15) is 5.10 Å². The van der Waals surface area contributed by atoms with Gasteiger partial charge in [0.2, 0.25) is 12.0 Å². The summed E-state index contributed by atoms with van der Waals surface area (Å²) in [5, 5.41) is 10.1. The van der Waals surface area contributed by atoms with E-state index < -0.39 is 23.8 Å². The third-order valence-electron chi connectivity index (χ3n) is 8.23. The Hall–Kier alpha value is -5.10. The van der Waals surface area contributed by atoms with Gasteiger partial charge in [0, 0.05) is 42.4 Å². The van der Waals surface area contributed by atoms with Crippen LogP contribution in [-0.2, 0) is 16.1 Å². The van der Waals surface area contributed by atoms with Gasteiger partial charge in [-0.15, -0.1) is 0 Å². The molecule has 2 aromatic heterocycles. The molecule has 11 nitrogen and oxygen atoms in total. The Balaban J connectivity index is 1.15. The second kappa shape index (κ2) is 10.0. The van der Waals surface area contributed by atoms with Crippen molar-refractivity contribution in [3.05, 3.63) is 89.4 Å². The van der Waals surface area contributed by atoms with Crippen molar-refractivity contribution in [2.45, 2.75) is 31.3 Å². The van der Waals surface area contributed by atoms with E-state index in [1.54, 1.807) is 23.0 Å². The SMILES string of the molecule is O=C(NC1N=C(c2ccccc2)c2cccc(F)c2NC1=O)c1c(-c2ccc(N3CC4OCC43)nc2)nn2c1OCCC2. The highest BCUT2D eigenvalue weighted by Crippen LogP contribution is 2.36. The number of carbonyl (C=O) groups is 2. The van der Waals surface area contributed by atoms with Crippen molar-refractivity contribution in [3.8, 4) is 17.1 Å². The quantitative estimate of drug-likeness (QED) is 0.373. The van der Waals surface area contributed by atoms with Crippen molar-refractivity contribution in [2.24, 2.45) is 4.99 Å². The summed E-state index contributed by atoms with van der Waals surface area (Å²) < 4.78 is 28.0. The molecule has 8 rings (SSSR count). The van der Waals surface area contributed by atoms with Crippen molar-refractivity contribution >= 4 is 29.0 Å². The lowest BCUT2D eigenvalue weighted by atomic mass is 9.95. The first-order valence-corrected chi connectivity index (χ1v) is 14.2. The summed E-state index contributed by atoms with van der Waals surface area (Å²) in [5.41, 5.74) is 2.67. The minimum Gasteiger partial charge on any atom is -0.477 e. The number of morpholine rings is 1. The van der Waals surface area contributed by atoms with E-state index >= 15 is 0 Å². The number of halogens is 1. The van der Waals surface area contributed by atoms with Crippen LogP contribution in [0.3, 0.4) is 0 Å². The first kappa shape index (κ1) is 25.6. The number of pyridine rings is 1. The molecular formula is C31H26FN7O4. The van der Waals surface area contributed by atoms with Crippen LogP contribution in [0.2, 0.25) is 0 Å². The molecule has 0 saturated carbocycles. The molecular weight excluding hydrogens is 553 g/mol. The van der Waals surface area contributed by atoms with Crippen molar-refractivity contribution in [3.63, 3.8) is 0 Å². The molecule has 3 unspecified atom stereocenters. The second-order valence-electron chi connectivity index (χ2n) is 10.8. The number of nitrogens with zero attached hydrogens (tertiary/aromatic N) is 5. The summed E-state index contributed by atoms with van der Waals surface area (Å²) in [6.45, 7) is 2.51. The Bertz CT molecular complexity index is 1790. The van der Waals surface area contributed by atoms with E-state index in [0.29, 0.717) is 59.8 Å². The highest BCUT2D eigenvalue weighted by Gasteiger charge is 2.47. The summed E-state index contributed by atoms with van der Waals surface area (Å²) in [5.74, 6) is -0.715. The van der Waals surface area contributed by atoms with Gasteiger partial charge in [-0.1, -0.05) is 42.5 Å². The minimum absolute atomic E-state index is 0.00642. The molecule has 4 aliphatic heterocycles. The number of nitrogens with one attached hydrogen (secondary N) is 2. The molecule has 2 amide bonds. The number of ether oxygens (including phenoxy) is 2. The summed E-state index contributed by atoms with van der Waals surface area (Å²) >= 11 is 0.